The van der Waals surface area contributed by atoms with E-state index in [-0.39, 0.29) is 0 Å². The van der Waals surface area contributed by atoms with Crippen LogP contribution in [-0.2, 0) is 4.74 Å². The molecular formula is C14H22N2O. The highest BCUT2D eigenvalue weighted by Crippen LogP contribution is 2.23. The Labute approximate surface area is 104 Å². The monoisotopic (exact) mass is 234 g/mol. The molecule has 17 heavy (non-hydrogen) atoms. The van der Waals surface area contributed by atoms with Gasteiger partial charge in [-0.1, -0.05) is 0 Å². The van der Waals surface area contributed by atoms with E-state index in [1.165, 1.54) is 18.5 Å². The molecule has 2 N–H and O–H groups in total. The number of benzene rings is 1. The van der Waals surface area contributed by atoms with Crippen molar-refractivity contribution in [3.05, 3.63) is 24.3 Å². The quantitative estimate of drug-likeness (QED) is 0.814. The average molecular weight is 234 g/mol. The topological polar surface area (TPSA) is 38.5 Å². The summed E-state index contributed by atoms with van der Waals surface area (Å²) >= 11 is 0. The Morgan fingerprint density at radius 3 is 2.53 bits per heavy atom. The van der Waals surface area contributed by atoms with E-state index >= 15 is 0 Å². The Hall–Kier alpha value is -1.22. The zero-order valence-corrected chi connectivity index (χ0v) is 10.7. The van der Waals surface area contributed by atoms with Gasteiger partial charge in [-0.05, 0) is 51.0 Å². The van der Waals surface area contributed by atoms with Crippen molar-refractivity contribution in [2.75, 3.05) is 23.7 Å². The summed E-state index contributed by atoms with van der Waals surface area (Å²) in [6.07, 6.45) is 3.16. The fraction of sp³-hybridized carbons (Fsp3) is 0.571. The predicted octanol–water partition coefficient (Wildman–Crippen LogP) is 2.66. The highest BCUT2D eigenvalue weighted by atomic mass is 16.5. The van der Waals surface area contributed by atoms with E-state index < -0.39 is 0 Å². The SMILES string of the molecule is CCN(CC1CCC(C)O1)c1ccc(N)cc1. The zero-order valence-electron chi connectivity index (χ0n) is 10.7. The zero-order chi connectivity index (χ0) is 12.3. The third kappa shape index (κ3) is 3.13. The molecule has 1 aromatic carbocycles. The van der Waals surface area contributed by atoms with E-state index in [2.05, 4.69) is 30.9 Å². The van der Waals surface area contributed by atoms with Crippen LogP contribution < -0.4 is 10.6 Å². The Morgan fingerprint density at radius 2 is 2.00 bits per heavy atom. The number of nitrogen functional groups attached to an aromatic ring is 1. The number of anilines is 2. The lowest BCUT2D eigenvalue weighted by Crippen LogP contribution is -2.32. The fourth-order valence-electron chi connectivity index (χ4n) is 2.37. The maximum absolute atomic E-state index is 5.87. The molecule has 0 aliphatic carbocycles. The second kappa shape index (κ2) is 5.41. The van der Waals surface area contributed by atoms with Gasteiger partial charge in [-0.3, -0.25) is 0 Å². The molecule has 1 aliphatic heterocycles. The molecule has 1 heterocycles. The Bertz CT molecular complexity index is 350. The van der Waals surface area contributed by atoms with Gasteiger partial charge in [0.2, 0.25) is 0 Å². The first-order valence-corrected chi connectivity index (χ1v) is 6.45. The van der Waals surface area contributed by atoms with Gasteiger partial charge in [0.25, 0.3) is 0 Å². The van der Waals surface area contributed by atoms with Crippen molar-refractivity contribution < 1.29 is 4.74 Å². The van der Waals surface area contributed by atoms with Gasteiger partial charge in [0.05, 0.1) is 12.2 Å². The van der Waals surface area contributed by atoms with Crippen LogP contribution in [0, 0.1) is 0 Å². The summed E-state index contributed by atoms with van der Waals surface area (Å²) in [5, 5.41) is 0. The molecule has 1 aliphatic rings. The van der Waals surface area contributed by atoms with Crippen LogP contribution in [0.25, 0.3) is 0 Å². The van der Waals surface area contributed by atoms with Crippen molar-refractivity contribution in [2.24, 2.45) is 0 Å². The Kier molecular flexibility index (Phi) is 3.89. The first-order chi connectivity index (χ1) is 8.19. The summed E-state index contributed by atoms with van der Waals surface area (Å²) in [5.41, 5.74) is 7.75. The lowest BCUT2D eigenvalue weighted by molar-refractivity contribution is 0.0601. The van der Waals surface area contributed by atoms with Crippen LogP contribution in [0.3, 0.4) is 0 Å². The molecule has 2 atom stereocenters. The van der Waals surface area contributed by atoms with Gasteiger partial charge >= 0.3 is 0 Å². The third-order valence-corrected chi connectivity index (χ3v) is 3.38. The highest BCUT2D eigenvalue weighted by Gasteiger charge is 2.23. The van der Waals surface area contributed by atoms with Crippen LogP contribution in [0.15, 0.2) is 24.3 Å². The fourth-order valence-corrected chi connectivity index (χ4v) is 2.37. The van der Waals surface area contributed by atoms with Crippen LogP contribution in [-0.4, -0.2) is 25.3 Å². The lowest BCUT2D eigenvalue weighted by Gasteiger charge is -2.26. The first kappa shape index (κ1) is 12.2. The number of likely N-dealkylation sites (N-methyl/N-ethyl adjacent to an activating group) is 1. The number of ether oxygens (including phenoxy) is 1. The van der Waals surface area contributed by atoms with E-state index in [0.717, 1.165) is 18.8 Å². The van der Waals surface area contributed by atoms with Gasteiger partial charge in [-0.15, -0.1) is 0 Å². The number of hydrogen-bond donors (Lipinski definition) is 1. The summed E-state index contributed by atoms with van der Waals surface area (Å²) < 4.78 is 5.87. The molecule has 2 unspecified atom stereocenters. The van der Waals surface area contributed by atoms with E-state index in [1.807, 2.05) is 12.1 Å². The van der Waals surface area contributed by atoms with Gasteiger partial charge < -0.3 is 15.4 Å². The molecule has 1 fully saturated rings. The standard InChI is InChI=1S/C14H22N2O/c1-3-16(10-14-9-4-11(2)17-14)13-7-5-12(15)6-8-13/h5-8,11,14H,3-4,9-10,15H2,1-2H3. The van der Waals surface area contributed by atoms with Crippen molar-refractivity contribution in [3.63, 3.8) is 0 Å². The molecule has 0 radical (unpaired) electrons. The van der Waals surface area contributed by atoms with Crippen molar-refractivity contribution in [2.45, 2.75) is 38.9 Å². The molecule has 3 heteroatoms. The normalized spacial score (nSPS) is 23.9. The molecule has 1 aromatic rings. The van der Waals surface area contributed by atoms with Crippen LogP contribution in [0.4, 0.5) is 11.4 Å². The maximum Gasteiger partial charge on any atom is 0.0754 e. The molecule has 0 amide bonds. The Balaban J connectivity index is 1.98. The molecule has 1 saturated heterocycles. The van der Waals surface area contributed by atoms with Crippen LogP contribution >= 0.6 is 0 Å². The van der Waals surface area contributed by atoms with Crippen molar-refractivity contribution in [1.29, 1.82) is 0 Å². The van der Waals surface area contributed by atoms with E-state index in [0.29, 0.717) is 12.2 Å². The number of hydrogen-bond acceptors (Lipinski definition) is 3. The molecule has 2 rings (SSSR count). The van der Waals surface area contributed by atoms with Gasteiger partial charge in [-0.2, -0.15) is 0 Å². The molecule has 0 spiro atoms. The Morgan fingerprint density at radius 1 is 1.29 bits per heavy atom. The number of nitrogens with zero attached hydrogens (tertiary/aromatic N) is 1. The lowest BCUT2D eigenvalue weighted by atomic mass is 10.2. The summed E-state index contributed by atoms with van der Waals surface area (Å²) in [6, 6.07) is 8.07. The smallest absolute Gasteiger partial charge is 0.0754 e. The maximum atomic E-state index is 5.87. The van der Waals surface area contributed by atoms with Gasteiger partial charge in [0, 0.05) is 24.5 Å². The second-order valence-electron chi connectivity index (χ2n) is 4.78. The minimum absolute atomic E-state index is 0.377. The van der Waals surface area contributed by atoms with Crippen LogP contribution in [0.5, 0.6) is 0 Å². The summed E-state index contributed by atoms with van der Waals surface area (Å²) in [5.74, 6) is 0. The molecule has 0 aromatic heterocycles. The van der Waals surface area contributed by atoms with E-state index in [1.54, 1.807) is 0 Å². The number of nitrogens with two attached hydrogens (primary N) is 1. The highest BCUT2D eigenvalue weighted by molar-refractivity contribution is 5.53. The minimum Gasteiger partial charge on any atom is -0.399 e. The largest absolute Gasteiger partial charge is 0.399 e. The second-order valence-corrected chi connectivity index (χ2v) is 4.78. The van der Waals surface area contributed by atoms with Crippen molar-refractivity contribution in [1.82, 2.24) is 0 Å². The van der Waals surface area contributed by atoms with Gasteiger partial charge in [0.15, 0.2) is 0 Å². The molecule has 0 bridgehead atoms. The van der Waals surface area contributed by atoms with Crippen LogP contribution in [0.1, 0.15) is 26.7 Å². The van der Waals surface area contributed by atoms with Crippen LogP contribution in [0.2, 0.25) is 0 Å². The van der Waals surface area contributed by atoms with E-state index in [9.17, 15) is 0 Å². The minimum atomic E-state index is 0.377. The molecular weight excluding hydrogens is 212 g/mol. The molecule has 3 nitrogen and oxygen atoms in total. The third-order valence-electron chi connectivity index (χ3n) is 3.38. The molecule has 94 valence electrons. The predicted molar refractivity (Wildman–Crippen MR) is 72.3 cm³/mol. The van der Waals surface area contributed by atoms with Crippen molar-refractivity contribution >= 4 is 11.4 Å². The number of rotatable bonds is 4. The first-order valence-electron chi connectivity index (χ1n) is 6.45. The van der Waals surface area contributed by atoms with E-state index in [4.69, 9.17) is 10.5 Å². The van der Waals surface area contributed by atoms with Gasteiger partial charge in [-0.25, -0.2) is 0 Å². The van der Waals surface area contributed by atoms with Gasteiger partial charge in [0.1, 0.15) is 0 Å². The summed E-state index contributed by atoms with van der Waals surface area (Å²) in [6.45, 7) is 6.30. The summed E-state index contributed by atoms with van der Waals surface area (Å²) in [7, 11) is 0. The average Bonchev–Trinajstić information content (AvgIpc) is 2.73. The molecule has 0 saturated carbocycles. The van der Waals surface area contributed by atoms with Crippen molar-refractivity contribution in [3.8, 4) is 0 Å². The summed E-state index contributed by atoms with van der Waals surface area (Å²) in [4.78, 5) is 2.35.